The fourth-order valence-corrected chi connectivity index (χ4v) is 1.86. The molecule has 106 valence electrons. The third-order valence-corrected chi connectivity index (χ3v) is 2.98. The zero-order chi connectivity index (χ0) is 14.8. The molecule has 0 aromatic rings. The van der Waals surface area contributed by atoms with E-state index < -0.39 is 29.7 Å². The van der Waals surface area contributed by atoms with Crippen molar-refractivity contribution in [3.05, 3.63) is 10.4 Å². The van der Waals surface area contributed by atoms with Crippen LogP contribution in [0.5, 0.6) is 0 Å². The van der Waals surface area contributed by atoms with Gasteiger partial charge in [0.2, 0.25) is 5.91 Å². The molecule has 1 aliphatic rings. The first-order chi connectivity index (χ1) is 8.70. The van der Waals surface area contributed by atoms with Gasteiger partial charge in [-0.3, -0.25) is 4.79 Å². The van der Waals surface area contributed by atoms with Gasteiger partial charge in [0.15, 0.2) is 0 Å². The minimum absolute atomic E-state index is 0.00363. The zero-order valence-corrected chi connectivity index (χ0v) is 11.4. The Hall–Kier alpha value is -1.79. The van der Waals surface area contributed by atoms with Gasteiger partial charge in [-0.15, -0.1) is 0 Å². The third kappa shape index (κ3) is 3.15. The van der Waals surface area contributed by atoms with Crippen molar-refractivity contribution < 1.29 is 19.4 Å². The van der Waals surface area contributed by atoms with E-state index in [1.54, 1.807) is 0 Å². The van der Waals surface area contributed by atoms with Crippen molar-refractivity contribution in [2.24, 2.45) is 11.0 Å². The summed E-state index contributed by atoms with van der Waals surface area (Å²) in [5.41, 5.74) is 6.93. The number of imide groups is 1. The average molecular weight is 270 g/mol. The number of ether oxygens (including phenoxy) is 1. The summed E-state index contributed by atoms with van der Waals surface area (Å²) in [5.74, 6) is -0.740. The lowest BCUT2D eigenvalue weighted by atomic mass is 9.96. The van der Waals surface area contributed by atoms with Crippen molar-refractivity contribution in [3.8, 4) is 0 Å². The fourth-order valence-electron chi connectivity index (χ4n) is 1.86. The van der Waals surface area contributed by atoms with Crippen LogP contribution in [0.4, 0.5) is 4.79 Å². The Morgan fingerprint density at radius 1 is 1.63 bits per heavy atom. The predicted molar refractivity (Wildman–Crippen MR) is 66.1 cm³/mol. The average Bonchev–Trinajstić information content (AvgIpc) is 2.65. The van der Waals surface area contributed by atoms with Gasteiger partial charge in [-0.05, 0) is 25.3 Å². The number of nitrogens with zero attached hydrogens (tertiary/aromatic N) is 4. The maximum absolute atomic E-state index is 12.3. The van der Waals surface area contributed by atoms with Crippen LogP contribution >= 0.6 is 0 Å². The quantitative estimate of drug-likeness (QED) is 0.472. The van der Waals surface area contributed by atoms with Crippen LogP contribution in [-0.2, 0) is 9.53 Å². The second-order valence-corrected chi connectivity index (χ2v) is 5.36. The van der Waals surface area contributed by atoms with Gasteiger partial charge in [-0.2, -0.15) is 0 Å². The Balaban J connectivity index is 3.08. The summed E-state index contributed by atoms with van der Waals surface area (Å²) in [7, 11) is 0. The highest BCUT2D eigenvalue weighted by Crippen LogP contribution is 2.24. The second kappa shape index (κ2) is 5.46. The second-order valence-electron chi connectivity index (χ2n) is 5.36. The molecule has 19 heavy (non-hydrogen) atoms. The molecule has 1 rings (SSSR count). The highest BCUT2D eigenvalue weighted by atomic mass is 16.6. The molecule has 0 radical (unpaired) electrons. The van der Waals surface area contributed by atoms with Gasteiger partial charge in [0, 0.05) is 4.91 Å². The molecule has 0 bridgehead atoms. The molecular weight excluding hydrogens is 252 g/mol. The van der Waals surface area contributed by atoms with Crippen molar-refractivity contribution >= 4 is 12.0 Å². The Labute approximate surface area is 111 Å². The molecule has 0 aliphatic carbocycles. The first-order valence-electron chi connectivity index (χ1n) is 5.96. The predicted octanol–water partition coefficient (Wildman–Crippen LogP) is 1.44. The Kier molecular flexibility index (Phi) is 4.39. The van der Waals surface area contributed by atoms with E-state index in [1.165, 1.54) is 13.8 Å². The number of cyclic esters (lactones) is 1. The van der Waals surface area contributed by atoms with E-state index in [0.717, 1.165) is 4.90 Å². The summed E-state index contributed by atoms with van der Waals surface area (Å²) in [5, 5.41) is 13.2. The first kappa shape index (κ1) is 15.3. The van der Waals surface area contributed by atoms with Crippen LogP contribution in [0.2, 0.25) is 0 Å². The highest BCUT2D eigenvalue weighted by Gasteiger charge is 2.45. The molecule has 0 spiro atoms. The Morgan fingerprint density at radius 3 is 2.63 bits per heavy atom. The van der Waals surface area contributed by atoms with E-state index in [0.29, 0.717) is 0 Å². The minimum Gasteiger partial charge on any atom is -0.447 e. The van der Waals surface area contributed by atoms with Crippen LogP contribution in [0.15, 0.2) is 5.11 Å². The van der Waals surface area contributed by atoms with Crippen molar-refractivity contribution in [2.45, 2.75) is 45.4 Å². The van der Waals surface area contributed by atoms with Gasteiger partial charge in [-0.1, -0.05) is 19.0 Å². The van der Waals surface area contributed by atoms with Crippen LogP contribution in [0.1, 0.15) is 27.7 Å². The monoisotopic (exact) mass is 270 g/mol. The number of rotatable bonds is 4. The summed E-state index contributed by atoms with van der Waals surface area (Å²) in [6.45, 7) is 6.49. The molecule has 1 aliphatic heterocycles. The third-order valence-electron chi connectivity index (χ3n) is 2.98. The van der Waals surface area contributed by atoms with Crippen molar-refractivity contribution in [3.63, 3.8) is 0 Å². The Morgan fingerprint density at radius 2 is 2.21 bits per heavy atom. The summed E-state index contributed by atoms with van der Waals surface area (Å²) in [4.78, 5) is 27.4. The normalized spacial score (nSPS) is 21.1. The number of hydrogen-bond donors (Lipinski definition) is 1. The van der Waals surface area contributed by atoms with E-state index in [4.69, 9.17) is 10.3 Å². The molecule has 0 unspecified atom stereocenters. The number of amides is 2. The lowest BCUT2D eigenvalue weighted by Gasteiger charge is -2.30. The van der Waals surface area contributed by atoms with Crippen LogP contribution < -0.4 is 0 Å². The smallest absolute Gasteiger partial charge is 0.416 e. The summed E-state index contributed by atoms with van der Waals surface area (Å²) in [6.07, 6.45) is -0.772. The van der Waals surface area contributed by atoms with Gasteiger partial charge in [-0.25, -0.2) is 9.69 Å². The van der Waals surface area contributed by atoms with E-state index in [9.17, 15) is 14.7 Å². The van der Waals surface area contributed by atoms with E-state index in [1.807, 2.05) is 13.8 Å². The standard InChI is InChI=1S/C11H18N4O4/c1-6(2)7-5-19-10(17)15(7)9(16)8(13-14-12)11(3,4)18/h6-8,18H,5H2,1-4H3/t7-,8-/m1/s1. The van der Waals surface area contributed by atoms with E-state index in [-0.39, 0.29) is 12.5 Å². The molecule has 2 atom stereocenters. The molecular formula is C11H18N4O4. The molecule has 0 aromatic heterocycles. The number of hydrogen-bond acceptors (Lipinski definition) is 5. The lowest BCUT2D eigenvalue weighted by Crippen LogP contribution is -2.52. The van der Waals surface area contributed by atoms with E-state index >= 15 is 0 Å². The van der Waals surface area contributed by atoms with Crippen LogP contribution in [0, 0.1) is 5.92 Å². The van der Waals surface area contributed by atoms with Crippen molar-refractivity contribution in [1.29, 1.82) is 0 Å². The summed E-state index contributed by atoms with van der Waals surface area (Å²) in [6, 6.07) is -1.79. The fraction of sp³-hybridized carbons (Fsp3) is 0.818. The minimum atomic E-state index is -1.56. The molecule has 2 amide bonds. The van der Waals surface area contributed by atoms with Crippen LogP contribution in [0.3, 0.4) is 0 Å². The lowest BCUT2D eigenvalue weighted by molar-refractivity contribution is -0.136. The molecule has 8 nitrogen and oxygen atoms in total. The van der Waals surface area contributed by atoms with E-state index in [2.05, 4.69) is 10.0 Å². The molecule has 1 N–H and O–H groups in total. The number of carbonyl (C=O) groups is 2. The largest absolute Gasteiger partial charge is 0.447 e. The summed E-state index contributed by atoms with van der Waals surface area (Å²) < 4.78 is 4.85. The highest BCUT2D eigenvalue weighted by molar-refractivity contribution is 5.97. The van der Waals surface area contributed by atoms with Crippen molar-refractivity contribution in [1.82, 2.24) is 4.90 Å². The number of aliphatic hydroxyl groups is 1. The molecule has 0 aromatic carbocycles. The van der Waals surface area contributed by atoms with Crippen LogP contribution in [-0.4, -0.2) is 46.3 Å². The van der Waals surface area contributed by atoms with Gasteiger partial charge < -0.3 is 9.84 Å². The first-order valence-corrected chi connectivity index (χ1v) is 5.96. The van der Waals surface area contributed by atoms with Gasteiger partial charge >= 0.3 is 6.09 Å². The number of azide groups is 1. The van der Waals surface area contributed by atoms with Gasteiger partial charge in [0.25, 0.3) is 0 Å². The molecule has 1 heterocycles. The maximum Gasteiger partial charge on any atom is 0.416 e. The Bertz CT molecular complexity index is 423. The molecule has 0 saturated carbocycles. The van der Waals surface area contributed by atoms with Crippen molar-refractivity contribution in [2.75, 3.05) is 6.61 Å². The molecule has 1 fully saturated rings. The SMILES string of the molecule is CC(C)[C@H]1COC(=O)N1C(=O)[C@@H](N=[N+]=[N-])C(C)(C)O. The number of carbonyl (C=O) groups excluding carboxylic acids is 2. The molecule has 1 saturated heterocycles. The van der Waals surface area contributed by atoms with Gasteiger partial charge in [0.05, 0.1) is 11.6 Å². The maximum atomic E-state index is 12.3. The van der Waals surface area contributed by atoms with Crippen LogP contribution in [0.25, 0.3) is 10.4 Å². The topological polar surface area (TPSA) is 116 Å². The summed E-state index contributed by atoms with van der Waals surface area (Å²) >= 11 is 0. The zero-order valence-electron chi connectivity index (χ0n) is 11.4. The molecule has 8 heteroatoms. The van der Waals surface area contributed by atoms with Gasteiger partial charge in [0.1, 0.15) is 12.6 Å².